The van der Waals surface area contributed by atoms with Crippen LogP contribution >= 0.6 is 12.4 Å². The number of halogens is 4. The Kier molecular flexibility index (Phi) is 7.74. The van der Waals surface area contributed by atoms with Gasteiger partial charge in [-0.2, -0.15) is 13.2 Å². The van der Waals surface area contributed by atoms with Crippen molar-refractivity contribution < 1.29 is 18.0 Å². The summed E-state index contributed by atoms with van der Waals surface area (Å²) in [5.41, 5.74) is 5.63. The van der Waals surface area contributed by atoms with Gasteiger partial charge in [-0.05, 0) is 25.7 Å². The van der Waals surface area contributed by atoms with Crippen LogP contribution in [0.3, 0.4) is 0 Å². The molecule has 0 saturated heterocycles. The molecule has 1 aliphatic rings. The van der Waals surface area contributed by atoms with Gasteiger partial charge in [0.25, 0.3) is 0 Å². The first-order valence-corrected chi connectivity index (χ1v) is 6.47. The molecule has 3 atom stereocenters. The van der Waals surface area contributed by atoms with Crippen molar-refractivity contribution in [3.05, 3.63) is 0 Å². The summed E-state index contributed by atoms with van der Waals surface area (Å²) >= 11 is 0. The summed E-state index contributed by atoms with van der Waals surface area (Å²) in [4.78, 5) is 11.6. The van der Waals surface area contributed by atoms with Gasteiger partial charge < -0.3 is 11.1 Å². The Morgan fingerprint density at radius 3 is 2.58 bits per heavy atom. The summed E-state index contributed by atoms with van der Waals surface area (Å²) in [6.07, 6.45) is -1.57. The van der Waals surface area contributed by atoms with Crippen LogP contribution in [0.4, 0.5) is 13.2 Å². The van der Waals surface area contributed by atoms with E-state index >= 15 is 0 Å². The molecule has 114 valence electrons. The number of nitrogens with one attached hydrogen (secondary N) is 1. The van der Waals surface area contributed by atoms with Gasteiger partial charge in [-0.15, -0.1) is 12.4 Å². The molecule has 1 rings (SSSR count). The molecular formula is C12H22ClF3N2O. The number of hydrogen-bond donors (Lipinski definition) is 2. The van der Waals surface area contributed by atoms with Crippen molar-refractivity contribution in [2.45, 2.75) is 63.7 Å². The van der Waals surface area contributed by atoms with Crippen molar-refractivity contribution in [1.29, 1.82) is 0 Å². The number of amides is 1. The summed E-state index contributed by atoms with van der Waals surface area (Å²) in [6.45, 7) is 1.91. The van der Waals surface area contributed by atoms with Crippen molar-refractivity contribution in [2.24, 2.45) is 11.7 Å². The Morgan fingerprint density at radius 2 is 2.05 bits per heavy atom. The normalized spacial score (nSPS) is 25.3. The molecule has 0 radical (unpaired) electrons. The SMILES string of the molecule is CCCC(N)C(=O)NC1CCCC(C(F)(F)F)C1.Cl. The first kappa shape index (κ1) is 18.5. The molecule has 0 heterocycles. The van der Waals surface area contributed by atoms with Gasteiger partial charge in [-0.25, -0.2) is 0 Å². The van der Waals surface area contributed by atoms with Crippen molar-refractivity contribution in [1.82, 2.24) is 5.32 Å². The quantitative estimate of drug-likeness (QED) is 0.839. The third-order valence-electron chi connectivity index (χ3n) is 3.42. The number of carbonyl (C=O) groups excluding carboxylic acids is 1. The average molecular weight is 303 g/mol. The fourth-order valence-corrected chi connectivity index (χ4v) is 2.37. The van der Waals surface area contributed by atoms with Gasteiger partial charge in [0.1, 0.15) is 0 Å². The maximum absolute atomic E-state index is 12.6. The second-order valence-corrected chi connectivity index (χ2v) is 5.01. The van der Waals surface area contributed by atoms with Crippen LogP contribution in [0.5, 0.6) is 0 Å². The molecule has 1 fully saturated rings. The topological polar surface area (TPSA) is 55.1 Å². The predicted molar refractivity (Wildman–Crippen MR) is 70.1 cm³/mol. The third-order valence-corrected chi connectivity index (χ3v) is 3.42. The highest BCUT2D eigenvalue weighted by molar-refractivity contribution is 5.85. The predicted octanol–water partition coefficient (Wildman–Crippen LogP) is 2.77. The van der Waals surface area contributed by atoms with Gasteiger partial charge in [-0.1, -0.05) is 19.8 Å². The van der Waals surface area contributed by atoms with Gasteiger partial charge in [-0.3, -0.25) is 4.79 Å². The second-order valence-electron chi connectivity index (χ2n) is 5.01. The molecule has 1 aliphatic carbocycles. The van der Waals surface area contributed by atoms with Gasteiger partial charge in [0.05, 0.1) is 12.0 Å². The number of nitrogens with two attached hydrogens (primary N) is 1. The van der Waals surface area contributed by atoms with Gasteiger partial charge >= 0.3 is 6.18 Å². The molecule has 1 saturated carbocycles. The van der Waals surface area contributed by atoms with E-state index in [0.717, 1.165) is 6.42 Å². The first-order chi connectivity index (χ1) is 8.34. The van der Waals surface area contributed by atoms with E-state index in [1.807, 2.05) is 6.92 Å². The second kappa shape index (κ2) is 7.94. The number of alkyl halides is 3. The largest absolute Gasteiger partial charge is 0.391 e. The molecule has 1 amide bonds. The lowest BCUT2D eigenvalue weighted by atomic mass is 9.85. The molecule has 0 aromatic rings. The monoisotopic (exact) mass is 302 g/mol. The van der Waals surface area contributed by atoms with Crippen LogP contribution in [0.1, 0.15) is 45.4 Å². The van der Waals surface area contributed by atoms with Crippen LogP contribution in [0.2, 0.25) is 0 Å². The summed E-state index contributed by atoms with van der Waals surface area (Å²) in [5, 5.41) is 2.64. The number of hydrogen-bond acceptors (Lipinski definition) is 2. The lowest BCUT2D eigenvalue weighted by Crippen LogP contribution is -2.48. The van der Waals surface area contributed by atoms with E-state index in [-0.39, 0.29) is 37.2 Å². The maximum atomic E-state index is 12.6. The number of rotatable bonds is 4. The molecule has 3 N–H and O–H groups in total. The van der Waals surface area contributed by atoms with Crippen LogP contribution in [0.25, 0.3) is 0 Å². The van der Waals surface area contributed by atoms with Crippen LogP contribution in [0, 0.1) is 5.92 Å². The maximum Gasteiger partial charge on any atom is 0.391 e. The van der Waals surface area contributed by atoms with E-state index in [2.05, 4.69) is 5.32 Å². The van der Waals surface area contributed by atoms with Crippen LogP contribution in [-0.2, 0) is 4.79 Å². The third kappa shape index (κ3) is 5.99. The summed E-state index contributed by atoms with van der Waals surface area (Å²) in [5.74, 6) is -1.62. The standard InChI is InChI=1S/C12H21F3N2O.ClH/c1-2-4-10(16)11(18)17-9-6-3-5-8(7-9)12(13,14)15;/h8-10H,2-7,16H2,1H3,(H,17,18);1H. The van der Waals surface area contributed by atoms with E-state index in [0.29, 0.717) is 19.3 Å². The minimum Gasteiger partial charge on any atom is -0.352 e. The molecule has 7 heteroatoms. The average Bonchev–Trinajstić information content (AvgIpc) is 2.28. The van der Waals surface area contributed by atoms with E-state index < -0.39 is 18.1 Å². The zero-order valence-electron chi connectivity index (χ0n) is 11.0. The van der Waals surface area contributed by atoms with E-state index in [9.17, 15) is 18.0 Å². The molecule has 0 aromatic heterocycles. The smallest absolute Gasteiger partial charge is 0.352 e. The van der Waals surface area contributed by atoms with Crippen molar-refractivity contribution in [3.63, 3.8) is 0 Å². The minimum atomic E-state index is -4.16. The van der Waals surface area contributed by atoms with Crippen molar-refractivity contribution in [2.75, 3.05) is 0 Å². The first-order valence-electron chi connectivity index (χ1n) is 6.47. The highest BCUT2D eigenvalue weighted by Crippen LogP contribution is 2.37. The Labute approximate surface area is 117 Å². The van der Waals surface area contributed by atoms with E-state index in [1.54, 1.807) is 0 Å². The summed E-state index contributed by atoms with van der Waals surface area (Å²) in [6, 6.07) is -0.998. The Hall–Kier alpha value is -0.490. The molecule has 3 unspecified atom stereocenters. The van der Waals surface area contributed by atoms with Crippen molar-refractivity contribution >= 4 is 18.3 Å². The van der Waals surface area contributed by atoms with Crippen molar-refractivity contribution in [3.8, 4) is 0 Å². The fourth-order valence-electron chi connectivity index (χ4n) is 2.37. The number of carbonyl (C=O) groups is 1. The van der Waals surface area contributed by atoms with Crippen LogP contribution in [0.15, 0.2) is 0 Å². The lowest BCUT2D eigenvalue weighted by Gasteiger charge is -2.31. The molecule has 19 heavy (non-hydrogen) atoms. The lowest BCUT2D eigenvalue weighted by molar-refractivity contribution is -0.184. The minimum absolute atomic E-state index is 0. The molecule has 0 bridgehead atoms. The zero-order chi connectivity index (χ0) is 13.8. The zero-order valence-corrected chi connectivity index (χ0v) is 11.8. The highest BCUT2D eigenvalue weighted by atomic mass is 35.5. The van der Waals surface area contributed by atoms with Gasteiger partial charge in [0, 0.05) is 6.04 Å². The summed E-state index contributed by atoms with van der Waals surface area (Å²) in [7, 11) is 0. The molecular weight excluding hydrogens is 281 g/mol. The van der Waals surface area contributed by atoms with Gasteiger partial charge in [0.2, 0.25) is 5.91 Å². The van der Waals surface area contributed by atoms with E-state index in [4.69, 9.17) is 5.73 Å². The Morgan fingerprint density at radius 1 is 1.42 bits per heavy atom. The van der Waals surface area contributed by atoms with E-state index in [1.165, 1.54) is 0 Å². The molecule has 3 nitrogen and oxygen atoms in total. The van der Waals surface area contributed by atoms with Gasteiger partial charge in [0.15, 0.2) is 0 Å². The fraction of sp³-hybridized carbons (Fsp3) is 0.917. The van der Waals surface area contributed by atoms with Crippen LogP contribution in [-0.4, -0.2) is 24.2 Å². The molecule has 0 aliphatic heterocycles. The Balaban J connectivity index is 0.00000324. The van der Waals surface area contributed by atoms with Crippen LogP contribution < -0.4 is 11.1 Å². The Bertz CT molecular complexity index is 287. The highest BCUT2D eigenvalue weighted by Gasteiger charge is 2.42. The summed E-state index contributed by atoms with van der Waals surface area (Å²) < 4.78 is 37.8. The molecule has 0 aromatic carbocycles. The molecule has 0 spiro atoms.